The van der Waals surface area contributed by atoms with E-state index in [2.05, 4.69) is 118 Å². The van der Waals surface area contributed by atoms with Gasteiger partial charge in [0.05, 0.1) is 6.61 Å². The van der Waals surface area contributed by atoms with Crippen molar-refractivity contribution in [2.24, 2.45) is 0 Å². The number of carbonyl (C=O) groups excluding carboxylic acids is 3. The average Bonchev–Trinajstić information content (AvgIpc) is 3.37. The van der Waals surface area contributed by atoms with Crippen LogP contribution < -0.4 is 0 Å². The maximum atomic E-state index is 13.1. The Morgan fingerprint density at radius 2 is 0.863 bits per heavy atom. The smallest absolute Gasteiger partial charge is 0.335 e. The molecule has 0 spiro atoms. The van der Waals surface area contributed by atoms with Crippen LogP contribution in [0.25, 0.3) is 0 Å². The van der Waals surface area contributed by atoms with Gasteiger partial charge in [0.25, 0.3) is 0 Å². The van der Waals surface area contributed by atoms with Crippen LogP contribution in [-0.2, 0) is 42.9 Å². The number of carbonyl (C=O) groups is 4. The summed E-state index contributed by atoms with van der Waals surface area (Å²) in [7, 11) is 0. The zero-order valence-electron chi connectivity index (χ0n) is 45.3. The highest BCUT2D eigenvalue weighted by Gasteiger charge is 2.50. The molecule has 0 aliphatic carbocycles. The van der Waals surface area contributed by atoms with Gasteiger partial charge < -0.3 is 39.0 Å². The molecule has 0 bridgehead atoms. The first-order chi connectivity index (χ1) is 35.6. The maximum Gasteiger partial charge on any atom is 0.335 e. The van der Waals surface area contributed by atoms with E-state index >= 15 is 0 Å². The predicted octanol–water partition coefficient (Wildman–Crippen LogP) is 14.1. The minimum absolute atomic E-state index is 0.0334. The van der Waals surface area contributed by atoms with E-state index in [1.54, 1.807) is 0 Å². The number of aliphatic hydroxyl groups is 2. The van der Waals surface area contributed by atoms with Crippen molar-refractivity contribution >= 4 is 23.9 Å². The zero-order chi connectivity index (χ0) is 53.3. The first kappa shape index (κ1) is 66.7. The Balaban J connectivity index is 2.72. The van der Waals surface area contributed by atoms with Gasteiger partial charge in [0, 0.05) is 19.3 Å². The third-order valence-electron chi connectivity index (χ3n) is 12.1. The Labute approximate surface area is 441 Å². The first-order valence-corrected chi connectivity index (χ1v) is 28.2. The number of carboxylic acids is 1. The van der Waals surface area contributed by atoms with Gasteiger partial charge in [0.2, 0.25) is 0 Å². The van der Waals surface area contributed by atoms with E-state index in [1.165, 1.54) is 12.8 Å². The molecular weight excluding hydrogens is 925 g/mol. The summed E-state index contributed by atoms with van der Waals surface area (Å²) >= 11 is 0. The minimum atomic E-state index is -1.92. The summed E-state index contributed by atoms with van der Waals surface area (Å²) in [6.07, 6.45) is 51.0. The number of hydrogen-bond acceptors (Lipinski definition) is 11. The number of rotatable bonds is 46. The van der Waals surface area contributed by atoms with Crippen LogP contribution in [0.4, 0.5) is 0 Å². The van der Waals surface area contributed by atoms with Crippen molar-refractivity contribution in [2.75, 3.05) is 13.2 Å². The lowest BCUT2D eigenvalue weighted by molar-refractivity contribution is -0.301. The quantitative estimate of drug-likeness (QED) is 0.0228. The van der Waals surface area contributed by atoms with Crippen LogP contribution in [-0.4, -0.2) is 89.2 Å². The van der Waals surface area contributed by atoms with Gasteiger partial charge in [0.1, 0.15) is 18.8 Å². The van der Waals surface area contributed by atoms with Gasteiger partial charge in [0.15, 0.2) is 24.6 Å². The van der Waals surface area contributed by atoms with E-state index in [-0.39, 0.29) is 25.9 Å². The molecule has 12 heteroatoms. The highest BCUT2D eigenvalue weighted by atomic mass is 16.7. The van der Waals surface area contributed by atoms with E-state index in [4.69, 9.17) is 23.7 Å². The molecule has 1 rings (SSSR count). The van der Waals surface area contributed by atoms with Crippen molar-refractivity contribution < 1.29 is 58.2 Å². The summed E-state index contributed by atoms with van der Waals surface area (Å²) in [6, 6.07) is 0. The number of ether oxygens (including phenoxy) is 5. The number of aliphatic carboxylic acids is 1. The lowest BCUT2D eigenvalue weighted by Gasteiger charge is -2.40. The van der Waals surface area contributed by atoms with Gasteiger partial charge >= 0.3 is 23.9 Å². The molecule has 73 heavy (non-hydrogen) atoms. The Morgan fingerprint density at radius 1 is 0.466 bits per heavy atom. The SMILES string of the molecule is CC/C=C\C/C=C\C/C=C\C/C=C\CCCCCCC(=O)OCC(COC1OC(C(=O)O)C(O)C(O)C1OC(=O)CCCCCCC/C=C\C/C=C\C/C=C\CC)OC(=O)CCCCCCC/C=C\CCCC. The van der Waals surface area contributed by atoms with E-state index in [1.807, 2.05) is 0 Å². The molecule has 0 amide bonds. The molecule has 414 valence electrons. The fourth-order valence-corrected chi connectivity index (χ4v) is 7.82. The number of aliphatic hydroxyl groups excluding tert-OH is 2. The molecule has 0 aromatic carbocycles. The second kappa shape index (κ2) is 48.6. The highest BCUT2D eigenvalue weighted by molar-refractivity contribution is 5.74. The summed E-state index contributed by atoms with van der Waals surface area (Å²) in [4.78, 5) is 51.0. The molecule has 6 unspecified atom stereocenters. The normalized spacial score (nSPS) is 19.1. The van der Waals surface area contributed by atoms with Crippen LogP contribution >= 0.6 is 0 Å². The second-order valence-electron chi connectivity index (χ2n) is 18.8. The average molecular weight is 1020 g/mol. The molecule has 3 N–H and O–H groups in total. The fourth-order valence-electron chi connectivity index (χ4n) is 7.82. The molecule has 0 saturated carbocycles. The standard InChI is InChI=1S/C61H98O12/c1-4-7-10-13-16-19-22-24-26-27-29-30-33-35-38-41-44-47-53(62)69-50-52(71-54(63)48-45-42-39-36-32-21-18-15-12-9-6-3)51-70-61-59(57(66)56(65)58(73-61)60(67)68)72-55(64)49-46-43-40-37-34-31-28-25-23-20-17-14-11-8-5-2/h7-8,10-11,15-20,24-26,28-30,52,56-59,61,65-66H,4-6,9,12-14,21-23,27,31-51H2,1-3H3,(H,67,68)/b10-7-,11-8-,18-15-,19-16-,20-17-,26-24-,28-25-,30-29-. The Bertz CT molecular complexity index is 1640. The van der Waals surface area contributed by atoms with Gasteiger partial charge in [-0.15, -0.1) is 0 Å². The molecule has 1 saturated heterocycles. The molecule has 0 aromatic heterocycles. The first-order valence-electron chi connectivity index (χ1n) is 28.2. The van der Waals surface area contributed by atoms with Crippen molar-refractivity contribution in [1.29, 1.82) is 0 Å². The van der Waals surface area contributed by atoms with Crippen molar-refractivity contribution in [3.8, 4) is 0 Å². The lowest BCUT2D eigenvalue weighted by atomic mass is 9.98. The number of esters is 3. The van der Waals surface area contributed by atoms with Gasteiger partial charge in [-0.25, -0.2) is 4.79 Å². The molecular formula is C61H98O12. The van der Waals surface area contributed by atoms with Crippen LogP contribution in [0.3, 0.4) is 0 Å². The van der Waals surface area contributed by atoms with Crippen LogP contribution in [0.2, 0.25) is 0 Å². The Kier molecular flexibility index (Phi) is 44.4. The largest absolute Gasteiger partial charge is 0.479 e. The number of unbranched alkanes of at least 4 members (excludes halogenated alkanes) is 16. The molecule has 6 atom stereocenters. The monoisotopic (exact) mass is 1020 g/mol. The molecule has 12 nitrogen and oxygen atoms in total. The topological polar surface area (TPSA) is 175 Å². The van der Waals surface area contributed by atoms with E-state index in [0.717, 1.165) is 141 Å². The summed E-state index contributed by atoms with van der Waals surface area (Å²) in [5, 5.41) is 31.4. The van der Waals surface area contributed by atoms with Gasteiger partial charge in [-0.2, -0.15) is 0 Å². The number of hydrogen-bond donors (Lipinski definition) is 3. The van der Waals surface area contributed by atoms with Gasteiger partial charge in [-0.05, 0) is 109 Å². The highest BCUT2D eigenvalue weighted by Crippen LogP contribution is 2.26. The molecule has 1 heterocycles. The van der Waals surface area contributed by atoms with Crippen LogP contribution in [0.15, 0.2) is 97.2 Å². The molecule has 1 aliphatic rings. The number of carboxylic acid groups (broad SMARTS) is 1. The second-order valence-corrected chi connectivity index (χ2v) is 18.8. The molecule has 1 fully saturated rings. The summed E-state index contributed by atoms with van der Waals surface area (Å²) in [5.41, 5.74) is 0. The Hall–Kier alpha value is -4.36. The van der Waals surface area contributed by atoms with E-state index in [0.29, 0.717) is 19.3 Å². The fraction of sp³-hybridized carbons (Fsp3) is 0.672. The van der Waals surface area contributed by atoms with Crippen molar-refractivity contribution in [3.63, 3.8) is 0 Å². The zero-order valence-corrected chi connectivity index (χ0v) is 45.3. The minimum Gasteiger partial charge on any atom is -0.479 e. The van der Waals surface area contributed by atoms with E-state index < -0.39 is 67.3 Å². The molecule has 1 aliphatic heterocycles. The molecule has 0 aromatic rings. The van der Waals surface area contributed by atoms with Crippen LogP contribution in [0.5, 0.6) is 0 Å². The van der Waals surface area contributed by atoms with Gasteiger partial charge in [-0.1, -0.05) is 182 Å². The van der Waals surface area contributed by atoms with Crippen molar-refractivity contribution in [2.45, 2.75) is 250 Å². The van der Waals surface area contributed by atoms with Crippen LogP contribution in [0.1, 0.15) is 213 Å². The predicted molar refractivity (Wildman–Crippen MR) is 294 cm³/mol. The van der Waals surface area contributed by atoms with Crippen molar-refractivity contribution in [1.82, 2.24) is 0 Å². The summed E-state index contributed by atoms with van der Waals surface area (Å²) < 4.78 is 28.3. The third kappa shape index (κ3) is 38.8. The summed E-state index contributed by atoms with van der Waals surface area (Å²) in [5.74, 6) is -3.20. The lowest BCUT2D eigenvalue weighted by Crippen LogP contribution is -2.61. The van der Waals surface area contributed by atoms with E-state index in [9.17, 15) is 34.5 Å². The number of allylic oxidation sites excluding steroid dienone is 16. The third-order valence-corrected chi connectivity index (χ3v) is 12.1. The van der Waals surface area contributed by atoms with Crippen LogP contribution in [0, 0.1) is 0 Å². The van der Waals surface area contributed by atoms with Gasteiger partial charge in [-0.3, -0.25) is 14.4 Å². The van der Waals surface area contributed by atoms with Crippen molar-refractivity contribution in [3.05, 3.63) is 97.2 Å². The Morgan fingerprint density at radius 3 is 1.33 bits per heavy atom. The summed E-state index contributed by atoms with van der Waals surface area (Å²) in [6.45, 7) is 5.67. The maximum absolute atomic E-state index is 13.1. The molecule has 0 radical (unpaired) electrons.